The van der Waals surface area contributed by atoms with Crippen LogP contribution < -0.4 is 9.47 Å². The van der Waals surface area contributed by atoms with Gasteiger partial charge in [-0.05, 0) is 12.1 Å². The lowest BCUT2D eigenvalue weighted by Crippen LogP contribution is -2.52. The molecular formula is C20H15ClF4N4O4S2. The zero-order chi connectivity index (χ0) is 25.5. The van der Waals surface area contributed by atoms with E-state index in [-0.39, 0.29) is 33.3 Å². The number of hydrogen-bond donors (Lipinski definition) is 0. The Morgan fingerprint density at radius 3 is 2.20 bits per heavy atom. The number of hydrogen-bond acceptors (Lipinski definition) is 7. The third-order valence-corrected chi connectivity index (χ3v) is 8.53. The van der Waals surface area contributed by atoms with Crippen molar-refractivity contribution in [3.8, 4) is 33.7 Å². The van der Waals surface area contributed by atoms with Crippen LogP contribution in [0.4, 0.5) is 17.6 Å². The average molecular weight is 551 g/mol. The molecule has 4 heterocycles. The molecular weight excluding hydrogens is 536 g/mol. The van der Waals surface area contributed by atoms with Crippen molar-refractivity contribution < 1.29 is 35.5 Å². The van der Waals surface area contributed by atoms with Crippen molar-refractivity contribution in [1.29, 1.82) is 0 Å². The van der Waals surface area contributed by atoms with Crippen molar-refractivity contribution in [3.05, 3.63) is 28.6 Å². The van der Waals surface area contributed by atoms with E-state index in [2.05, 4.69) is 19.4 Å². The van der Waals surface area contributed by atoms with Gasteiger partial charge in [0.05, 0.1) is 26.0 Å². The highest BCUT2D eigenvalue weighted by atomic mass is 35.5. The van der Waals surface area contributed by atoms with Crippen molar-refractivity contribution in [1.82, 2.24) is 19.1 Å². The zero-order valence-corrected chi connectivity index (χ0v) is 20.5. The second kappa shape index (κ2) is 7.58. The number of halogens is 5. The first-order chi connectivity index (χ1) is 16.3. The van der Waals surface area contributed by atoms with Crippen molar-refractivity contribution in [2.24, 2.45) is 14.1 Å². The largest absolute Gasteiger partial charge is 0.507 e. The minimum absolute atomic E-state index is 0.00282. The van der Waals surface area contributed by atoms with Gasteiger partial charge in [0.25, 0.3) is 0 Å². The number of thiophene rings is 1. The number of imidazole rings is 2. The maximum Gasteiger partial charge on any atom is 0.507 e. The van der Waals surface area contributed by atoms with Gasteiger partial charge in [-0.15, -0.1) is 11.3 Å². The van der Waals surface area contributed by atoms with Gasteiger partial charge >= 0.3 is 12.2 Å². The number of alkyl halides is 4. The molecule has 0 aliphatic carbocycles. The van der Waals surface area contributed by atoms with Gasteiger partial charge in [0.2, 0.25) is 0 Å². The van der Waals surface area contributed by atoms with Crippen LogP contribution in [-0.2, 0) is 23.9 Å². The van der Waals surface area contributed by atoms with E-state index in [1.165, 1.54) is 41.5 Å². The zero-order valence-electron chi connectivity index (χ0n) is 18.1. The van der Waals surface area contributed by atoms with Crippen LogP contribution >= 0.6 is 22.9 Å². The molecule has 5 rings (SSSR count). The fourth-order valence-electron chi connectivity index (χ4n) is 3.74. The molecule has 3 aromatic heterocycles. The van der Waals surface area contributed by atoms with Crippen molar-refractivity contribution in [2.45, 2.75) is 24.2 Å². The number of aromatic nitrogens is 4. The summed E-state index contributed by atoms with van der Waals surface area (Å²) in [4.78, 5) is 9.50. The predicted octanol–water partition coefficient (Wildman–Crippen LogP) is 5.11. The third-order valence-electron chi connectivity index (χ3n) is 5.48. The molecule has 0 bridgehead atoms. The van der Waals surface area contributed by atoms with E-state index in [1.54, 1.807) is 12.1 Å². The summed E-state index contributed by atoms with van der Waals surface area (Å²) in [6, 6.07) is 5.43. The highest BCUT2D eigenvalue weighted by molar-refractivity contribution is 7.91. The Morgan fingerprint density at radius 2 is 1.63 bits per heavy atom. The molecule has 1 aromatic carbocycles. The van der Waals surface area contributed by atoms with E-state index < -0.39 is 33.6 Å². The summed E-state index contributed by atoms with van der Waals surface area (Å²) in [5.41, 5.74) is 0.287. The van der Waals surface area contributed by atoms with Gasteiger partial charge in [0, 0.05) is 26.2 Å². The number of fused-ring (bicyclic) bond motifs is 2. The highest BCUT2D eigenvalue weighted by Gasteiger charge is 2.66. The summed E-state index contributed by atoms with van der Waals surface area (Å²) >= 11 is 7.24. The summed E-state index contributed by atoms with van der Waals surface area (Å²) in [5, 5.41) is -0.117. The average Bonchev–Trinajstić information content (AvgIpc) is 3.43. The number of nitrogens with zero attached hydrogens (tertiary/aromatic N) is 4. The van der Waals surface area contributed by atoms with Gasteiger partial charge in [-0.2, -0.15) is 17.6 Å². The van der Waals surface area contributed by atoms with Crippen molar-refractivity contribution >= 4 is 43.8 Å². The molecule has 0 amide bonds. The summed E-state index contributed by atoms with van der Waals surface area (Å²) in [6.07, 6.45) is -9.76. The lowest BCUT2D eigenvalue weighted by atomic mass is 10.2. The second-order valence-corrected chi connectivity index (χ2v) is 11.6. The van der Waals surface area contributed by atoms with E-state index in [0.717, 1.165) is 12.1 Å². The minimum atomic E-state index is -4.88. The molecule has 0 unspecified atom stereocenters. The topological polar surface area (TPSA) is 88.2 Å². The summed E-state index contributed by atoms with van der Waals surface area (Å²) in [5.74, 6) is -1.08. The maximum absolute atomic E-state index is 13.7. The van der Waals surface area contributed by atoms with E-state index in [0.29, 0.717) is 15.0 Å². The predicted molar refractivity (Wildman–Crippen MR) is 120 cm³/mol. The summed E-state index contributed by atoms with van der Waals surface area (Å²) in [7, 11) is -0.775. The first kappa shape index (κ1) is 23.9. The standard InChI is InChI=1S/C20H15ClF4N4O4S2/c1-4-35(30,31)18-15(27-16(29(18)3)13-5-6-14(21)34-13)17-26-9-7-11-12(8-10(9)28(17)2)33-20(24,25)19(22,23)32-11/h5-8H,4H2,1-3H3. The molecule has 8 nitrogen and oxygen atoms in total. The minimum Gasteiger partial charge on any atom is -0.421 e. The molecule has 0 radical (unpaired) electrons. The van der Waals surface area contributed by atoms with Crippen LogP contribution in [-0.4, -0.2) is 45.5 Å². The van der Waals surface area contributed by atoms with Crippen LogP contribution in [0.1, 0.15) is 6.92 Å². The van der Waals surface area contributed by atoms with Crippen LogP contribution in [0.5, 0.6) is 11.5 Å². The second-order valence-electron chi connectivity index (χ2n) is 7.68. The number of rotatable bonds is 4. The number of ether oxygens (including phenoxy) is 2. The molecule has 0 saturated carbocycles. The van der Waals surface area contributed by atoms with Crippen LogP contribution in [0, 0.1) is 0 Å². The van der Waals surface area contributed by atoms with Crippen LogP contribution in [0.25, 0.3) is 33.3 Å². The van der Waals surface area contributed by atoms with Crippen LogP contribution in [0.15, 0.2) is 29.3 Å². The molecule has 4 aromatic rings. The van der Waals surface area contributed by atoms with E-state index >= 15 is 0 Å². The summed E-state index contributed by atoms with van der Waals surface area (Å²) in [6.45, 7) is 1.48. The molecule has 0 spiro atoms. The van der Waals surface area contributed by atoms with Gasteiger partial charge in [-0.1, -0.05) is 18.5 Å². The number of aryl methyl sites for hydroxylation is 1. The molecule has 0 saturated heterocycles. The van der Waals surface area contributed by atoms with Crippen molar-refractivity contribution in [3.63, 3.8) is 0 Å². The Labute approximate surface area is 204 Å². The van der Waals surface area contributed by atoms with Crippen molar-refractivity contribution in [2.75, 3.05) is 5.75 Å². The van der Waals surface area contributed by atoms with Gasteiger partial charge in [-0.3, -0.25) is 0 Å². The van der Waals surface area contributed by atoms with Gasteiger partial charge in [0.1, 0.15) is 5.69 Å². The Hall–Kier alpha value is -2.84. The van der Waals surface area contributed by atoms with Crippen LogP contribution in [0.3, 0.4) is 0 Å². The molecule has 0 fully saturated rings. The molecule has 15 heteroatoms. The lowest BCUT2D eigenvalue weighted by Gasteiger charge is -2.31. The van der Waals surface area contributed by atoms with Gasteiger partial charge in [0.15, 0.2) is 38.0 Å². The Morgan fingerprint density at radius 1 is 1.00 bits per heavy atom. The highest BCUT2D eigenvalue weighted by Crippen LogP contribution is 2.48. The third kappa shape index (κ3) is 3.57. The lowest BCUT2D eigenvalue weighted by molar-refractivity contribution is -0.391. The Balaban J connectivity index is 1.75. The fraction of sp³-hybridized carbons (Fsp3) is 0.300. The first-order valence-corrected chi connectivity index (χ1v) is 12.8. The van der Waals surface area contributed by atoms with E-state index in [4.69, 9.17) is 11.6 Å². The Kier molecular flexibility index (Phi) is 5.17. The maximum atomic E-state index is 13.7. The van der Waals surface area contributed by atoms with E-state index in [1.807, 2.05) is 0 Å². The smallest absolute Gasteiger partial charge is 0.421 e. The van der Waals surface area contributed by atoms with Gasteiger partial charge < -0.3 is 18.6 Å². The van der Waals surface area contributed by atoms with Crippen LogP contribution in [0.2, 0.25) is 4.34 Å². The number of benzene rings is 1. The van der Waals surface area contributed by atoms with Gasteiger partial charge in [-0.25, -0.2) is 18.4 Å². The normalized spacial score (nSPS) is 16.7. The molecule has 35 heavy (non-hydrogen) atoms. The summed E-state index contributed by atoms with van der Waals surface area (Å²) < 4.78 is 92.3. The molecule has 186 valence electrons. The molecule has 0 atom stereocenters. The quantitative estimate of drug-likeness (QED) is 0.328. The Bertz CT molecular complexity index is 1610. The molecule has 1 aliphatic rings. The molecule has 0 N–H and O–H groups in total. The SMILES string of the molecule is CCS(=O)(=O)c1c(-c2nc3cc4c(cc3n2C)OC(F)(F)C(F)(F)O4)nc(-c2ccc(Cl)s2)n1C. The fourth-order valence-corrected chi connectivity index (χ4v) is 6.02. The van der Waals surface area contributed by atoms with E-state index in [9.17, 15) is 26.0 Å². The monoisotopic (exact) mass is 550 g/mol. The number of sulfone groups is 1. The first-order valence-electron chi connectivity index (χ1n) is 9.95. The molecule has 1 aliphatic heterocycles.